The minimum atomic E-state index is -0.409. The quantitative estimate of drug-likeness (QED) is 0.864. The summed E-state index contributed by atoms with van der Waals surface area (Å²) < 4.78 is 6.99. The number of carbonyl (C=O) groups excluding carboxylic acids is 1. The molecule has 0 amide bonds. The van der Waals surface area contributed by atoms with Crippen molar-refractivity contribution in [3.8, 4) is 6.07 Å². The van der Waals surface area contributed by atoms with Crippen LogP contribution in [-0.2, 0) is 17.9 Å². The highest BCUT2D eigenvalue weighted by molar-refractivity contribution is 5.89. The molecule has 0 bridgehead atoms. The first-order chi connectivity index (χ1) is 9.63. The van der Waals surface area contributed by atoms with E-state index in [2.05, 4.69) is 0 Å². The Hall–Kier alpha value is -2.74. The van der Waals surface area contributed by atoms with E-state index in [1.54, 1.807) is 41.1 Å². The molecule has 0 aliphatic heterocycles. The maximum atomic E-state index is 12.0. The molecule has 1 aromatic heterocycles. The summed E-state index contributed by atoms with van der Waals surface area (Å²) in [6.07, 6.45) is 1.71. The van der Waals surface area contributed by atoms with E-state index >= 15 is 0 Å². The average molecular weight is 269 g/mol. The van der Waals surface area contributed by atoms with Gasteiger partial charge in [-0.1, -0.05) is 12.1 Å². The molecule has 0 spiro atoms. The van der Waals surface area contributed by atoms with Gasteiger partial charge in [0.1, 0.15) is 12.3 Å². The Bertz CT molecular complexity index is 651. The molecule has 0 saturated heterocycles. The molecule has 20 heavy (non-hydrogen) atoms. The number of rotatable bonds is 4. The number of nitriles is 1. The van der Waals surface area contributed by atoms with Crippen molar-refractivity contribution in [1.29, 1.82) is 5.26 Å². The molecule has 5 nitrogen and oxygen atoms in total. The fraction of sp³-hybridized carbons (Fsp3) is 0.200. The molecular formula is C15H15N3O2. The van der Waals surface area contributed by atoms with E-state index in [1.807, 2.05) is 13.0 Å². The van der Waals surface area contributed by atoms with Gasteiger partial charge in [-0.25, -0.2) is 4.79 Å². The van der Waals surface area contributed by atoms with Gasteiger partial charge in [-0.3, -0.25) is 0 Å². The monoisotopic (exact) mass is 269 g/mol. The third-order valence-electron chi connectivity index (χ3n) is 2.92. The van der Waals surface area contributed by atoms with Crippen LogP contribution in [0.25, 0.3) is 0 Å². The van der Waals surface area contributed by atoms with Crippen molar-refractivity contribution in [3.63, 3.8) is 0 Å². The number of nitrogens with zero attached hydrogens (tertiary/aromatic N) is 2. The lowest BCUT2D eigenvalue weighted by Gasteiger charge is -2.07. The van der Waals surface area contributed by atoms with Gasteiger partial charge in [-0.15, -0.1) is 0 Å². The molecular weight excluding hydrogens is 254 g/mol. The van der Waals surface area contributed by atoms with Gasteiger partial charge in [0, 0.05) is 12.7 Å². The van der Waals surface area contributed by atoms with Crippen LogP contribution >= 0.6 is 0 Å². The molecule has 5 heteroatoms. The van der Waals surface area contributed by atoms with Crippen molar-refractivity contribution >= 4 is 11.7 Å². The van der Waals surface area contributed by atoms with Crippen molar-refractivity contribution in [1.82, 2.24) is 4.57 Å². The first-order valence-corrected chi connectivity index (χ1v) is 6.26. The summed E-state index contributed by atoms with van der Waals surface area (Å²) >= 11 is 0. The highest BCUT2D eigenvalue weighted by Gasteiger charge is 2.13. The van der Waals surface area contributed by atoms with E-state index in [9.17, 15) is 4.79 Å². The summed E-state index contributed by atoms with van der Waals surface area (Å²) in [4.78, 5) is 12.0. The van der Waals surface area contributed by atoms with Crippen LogP contribution in [0, 0.1) is 11.3 Å². The molecule has 2 aromatic rings. The van der Waals surface area contributed by atoms with Crippen molar-refractivity contribution < 1.29 is 9.53 Å². The second-order valence-corrected chi connectivity index (χ2v) is 4.33. The lowest BCUT2D eigenvalue weighted by atomic mass is 10.2. The van der Waals surface area contributed by atoms with E-state index in [-0.39, 0.29) is 6.61 Å². The van der Waals surface area contributed by atoms with Gasteiger partial charge in [0.2, 0.25) is 0 Å². The largest absolute Gasteiger partial charge is 0.456 e. The first-order valence-electron chi connectivity index (χ1n) is 6.26. The van der Waals surface area contributed by atoms with Gasteiger partial charge < -0.3 is 15.0 Å². The van der Waals surface area contributed by atoms with E-state index in [0.717, 1.165) is 5.56 Å². The molecule has 2 rings (SSSR count). The standard InChI is InChI=1S/C15H15N3O2/c1-2-18-9-13(17)7-14(18)15(19)20-10-12-5-3-11(8-16)4-6-12/h3-7,9H,2,10,17H2,1H3. The molecule has 0 unspecified atom stereocenters. The fourth-order valence-corrected chi connectivity index (χ4v) is 1.86. The molecule has 2 N–H and O–H groups in total. The SMILES string of the molecule is CCn1cc(N)cc1C(=O)OCc1ccc(C#N)cc1. The second-order valence-electron chi connectivity index (χ2n) is 4.33. The highest BCUT2D eigenvalue weighted by atomic mass is 16.5. The van der Waals surface area contributed by atoms with E-state index in [4.69, 9.17) is 15.7 Å². The number of aromatic nitrogens is 1. The maximum Gasteiger partial charge on any atom is 0.355 e. The van der Waals surface area contributed by atoms with Crippen molar-refractivity contribution in [2.75, 3.05) is 5.73 Å². The smallest absolute Gasteiger partial charge is 0.355 e. The molecule has 1 heterocycles. The van der Waals surface area contributed by atoms with Gasteiger partial charge in [0.05, 0.1) is 17.3 Å². The highest BCUT2D eigenvalue weighted by Crippen LogP contribution is 2.13. The number of hydrogen-bond acceptors (Lipinski definition) is 4. The lowest BCUT2D eigenvalue weighted by Crippen LogP contribution is -2.11. The Balaban J connectivity index is 2.02. The molecule has 0 atom stereocenters. The topological polar surface area (TPSA) is 81.0 Å². The summed E-state index contributed by atoms with van der Waals surface area (Å²) in [6.45, 7) is 2.74. The Labute approximate surface area is 117 Å². The van der Waals surface area contributed by atoms with Gasteiger partial charge in [0.15, 0.2) is 0 Å². The van der Waals surface area contributed by atoms with Crippen LogP contribution in [0.2, 0.25) is 0 Å². The molecule has 0 fully saturated rings. The van der Waals surface area contributed by atoms with Crippen molar-refractivity contribution in [2.45, 2.75) is 20.1 Å². The third kappa shape index (κ3) is 2.98. The average Bonchev–Trinajstić information content (AvgIpc) is 2.86. The molecule has 0 radical (unpaired) electrons. The zero-order chi connectivity index (χ0) is 14.5. The minimum Gasteiger partial charge on any atom is -0.456 e. The number of carbonyl (C=O) groups is 1. The number of aryl methyl sites for hydroxylation is 1. The number of nitrogen functional groups attached to an aromatic ring is 1. The summed E-state index contributed by atoms with van der Waals surface area (Å²) in [6, 6.07) is 10.5. The van der Waals surface area contributed by atoms with Gasteiger partial charge in [-0.05, 0) is 30.7 Å². The van der Waals surface area contributed by atoms with Crippen LogP contribution < -0.4 is 5.73 Å². The fourth-order valence-electron chi connectivity index (χ4n) is 1.86. The number of ether oxygens (including phenoxy) is 1. The van der Waals surface area contributed by atoms with E-state index in [0.29, 0.717) is 23.5 Å². The Morgan fingerprint density at radius 2 is 2.10 bits per heavy atom. The van der Waals surface area contributed by atoms with Crippen LogP contribution in [0.5, 0.6) is 0 Å². The third-order valence-corrected chi connectivity index (χ3v) is 2.92. The normalized spacial score (nSPS) is 10.0. The van der Waals surface area contributed by atoms with Crippen LogP contribution in [0.15, 0.2) is 36.5 Å². The summed E-state index contributed by atoms with van der Waals surface area (Å²) in [5.41, 5.74) is 8.06. The molecule has 1 aromatic carbocycles. The van der Waals surface area contributed by atoms with Crippen molar-refractivity contribution in [2.24, 2.45) is 0 Å². The minimum absolute atomic E-state index is 0.166. The number of benzene rings is 1. The molecule has 0 saturated carbocycles. The number of anilines is 1. The van der Waals surface area contributed by atoms with Crippen molar-refractivity contribution in [3.05, 3.63) is 53.3 Å². The summed E-state index contributed by atoms with van der Waals surface area (Å²) in [5.74, 6) is -0.409. The van der Waals surface area contributed by atoms with Crippen LogP contribution in [0.3, 0.4) is 0 Å². The van der Waals surface area contributed by atoms with Gasteiger partial charge >= 0.3 is 5.97 Å². The number of esters is 1. The molecule has 102 valence electrons. The molecule has 0 aliphatic rings. The summed E-state index contributed by atoms with van der Waals surface area (Å²) in [7, 11) is 0. The van der Waals surface area contributed by atoms with Crippen LogP contribution in [0.4, 0.5) is 5.69 Å². The number of hydrogen-bond donors (Lipinski definition) is 1. The lowest BCUT2D eigenvalue weighted by molar-refractivity contribution is 0.0460. The second kappa shape index (κ2) is 5.93. The van der Waals surface area contributed by atoms with E-state index < -0.39 is 5.97 Å². The Morgan fingerprint density at radius 3 is 2.70 bits per heavy atom. The van der Waals surface area contributed by atoms with Crippen LogP contribution in [0.1, 0.15) is 28.5 Å². The maximum absolute atomic E-state index is 12.0. The molecule has 0 aliphatic carbocycles. The Kier molecular flexibility index (Phi) is 4.06. The predicted molar refractivity (Wildman–Crippen MR) is 74.8 cm³/mol. The Morgan fingerprint density at radius 1 is 1.40 bits per heavy atom. The van der Waals surface area contributed by atoms with Gasteiger partial charge in [-0.2, -0.15) is 5.26 Å². The van der Waals surface area contributed by atoms with Gasteiger partial charge in [0.25, 0.3) is 0 Å². The summed E-state index contributed by atoms with van der Waals surface area (Å²) in [5, 5.41) is 8.71. The van der Waals surface area contributed by atoms with Crippen LogP contribution in [-0.4, -0.2) is 10.5 Å². The number of nitrogens with two attached hydrogens (primary N) is 1. The zero-order valence-corrected chi connectivity index (χ0v) is 11.2. The van der Waals surface area contributed by atoms with E-state index in [1.165, 1.54) is 0 Å². The predicted octanol–water partition coefficient (Wildman–Crippen LogP) is 2.32. The first kappa shape index (κ1) is 13.7. The zero-order valence-electron chi connectivity index (χ0n) is 11.2.